The highest BCUT2D eigenvalue weighted by Crippen LogP contribution is 2.37. The Morgan fingerprint density at radius 2 is 0.923 bits per heavy atom. The minimum Gasteiger partial charge on any atom is -0.436 e. The van der Waals surface area contributed by atoms with E-state index in [4.69, 9.17) is 8.83 Å². The number of para-hydroxylation sites is 4. The molecule has 7 rings (SSSR count). The van der Waals surface area contributed by atoms with E-state index in [-0.39, 0.29) is 0 Å². The fourth-order valence-electron chi connectivity index (χ4n) is 4.63. The van der Waals surface area contributed by atoms with E-state index in [1.165, 1.54) is 0 Å². The summed E-state index contributed by atoms with van der Waals surface area (Å²) in [6, 6.07) is 41.4. The van der Waals surface area contributed by atoms with Crippen LogP contribution in [0.1, 0.15) is 5.56 Å². The lowest BCUT2D eigenvalue weighted by atomic mass is 10.1. The first-order valence-corrected chi connectivity index (χ1v) is 12.5. The fourth-order valence-corrected chi connectivity index (χ4v) is 4.63. The van der Waals surface area contributed by atoms with Crippen LogP contribution in [-0.2, 0) is 0 Å². The molecule has 2 aromatic heterocycles. The average Bonchev–Trinajstić information content (AvgIpc) is 3.63. The summed E-state index contributed by atoms with van der Waals surface area (Å²) in [5.74, 6) is 1.16. The number of aromatic nitrogens is 2. The molecule has 0 aliphatic rings. The normalized spacial score (nSPS) is 11.1. The molecule has 0 aliphatic carbocycles. The van der Waals surface area contributed by atoms with Crippen molar-refractivity contribution in [1.29, 1.82) is 5.26 Å². The van der Waals surface area contributed by atoms with Gasteiger partial charge in [0.15, 0.2) is 11.2 Å². The molecule has 6 heteroatoms. The van der Waals surface area contributed by atoms with Crippen molar-refractivity contribution in [2.24, 2.45) is 0 Å². The largest absolute Gasteiger partial charge is 0.436 e. The van der Waals surface area contributed by atoms with E-state index in [2.05, 4.69) is 20.9 Å². The molecule has 0 saturated carbocycles. The van der Waals surface area contributed by atoms with Gasteiger partial charge >= 0.3 is 0 Å². The lowest BCUT2D eigenvalue weighted by Crippen LogP contribution is -2.09. The van der Waals surface area contributed by atoms with Crippen molar-refractivity contribution in [2.75, 3.05) is 4.90 Å². The van der Waals surface area contributed by atoms with Gasteiger partial charge in [0, 0.05) is 28.2 Å². The third-order valence-electron chi connectivity index (χ3n) is 6.59. The van der Waals surface area contributed by atoms with Gasteiger partial charge in [0.25, 0.3) is 0 Å². The predicted octanol–water partition coefficient (Wildman–Crippen LogP) is 8.64. The van der Waals surface area contributed by atoms with Crippen LogP contribution in [0.4, 0.5) is 17.1 Å². The molecular weight excluding hydrogens is 484 g/mol. The maximum atomic E-state index is 9.29. The average molecular weight is 505 g/mol. The van der Waals surface area contributed by atoms with Gasteiger partial charge in [0.05, 0.1) is 11.6 Å². The molecular formula is C33H20N4O2. The molecule has 6 nitrogen and oxygen atoms in total. The number of anilines is 3. The highest BCUT2D eigenvalue weighted by Gasteiger charge is 2.15. The number of benzene rings is 5. The molecule has 39 heavy (non-hydrogen) atoms. The van der Waals surface area contributed by atoms with Crippen molar-refractivity contribution in [3.05, 3.63) is 127 Å². The summed E-state index contributed by atoms with van der Waals surface area (Å²) in [7, 11) is 0. The van der Waals surface area contributed by atoms with Gasteiger partial charge in [-0.15, -0.1) is 0 Å². The highest BCUT2D eigenvalue weighted by molar-refractivity contribution is 5.81. The first kappa shape index (κ1) is 22.5. The van der Waals surface area contributed by atoms with Crippen molar-refractivity contribution in [2.45, 2.75) is 0 Å². The number of nitrogens with zero attached hydrogens (tertiary/aromatic N) is 4. The van der Waals surface area contributed by atoms with Gasteiger partial charge in [0.2, 0.25) is 11.8 Å². The smallest absolute Gasteiger partial charge is 0.227 e. The summed E-state index contributed by atoms with van der Waals surface area (Å²) < 4.78 is 11.9. The molecule has 0 bridgehead atoms. The van der Waals surface area contributed by atoms with Crippen LogP contribution >= 0.6 is 0 Å². The van der Waals surface area contributed by atoms with Crippen LogP contribution < -0.4 is 4.90 Å². The topological polar surface area (TPSA) is 79.1 Å². The zero-order chi connectivity index (χ0) is 26.2. The third-order valence-corrected chi connectivity index (χ3v) is 6.59. The van der Waals surface area contributed by atoms with Gasteiger partial charge in [0.1, 0.15) is 11.0 Å². The van der Waals surface area contributed by atoms with Crippen LogP contribution in [-0.4, -0.2) is 9.97 Å². The van der Waals surface area contributed by atoms with Crippen molar-refractivity contribution < 1.29 is 8.83 Å². The number of nitriles is 1. The quantitative estimate of drug-likeness (QED) is 0.233. The number of hydrogen-bond acceptors (Lipinski definition) is 6. The zero-order valence-electron chi connectivity index (χ0n) is 20.7. The molecule has 0 amide bonds. The van der Waals surface area contributed by atoms with E-state index in [0.29, 0.717) is 17.3 Å². The molecule has 0 fully saturated rings. The summed E-state index contributed by atoms with van der Waals surface area (Å²) in [5.41, 5.74) is 8.40. The van der Waals surface area contributed by atoms with Gasteiger partial charge < -0.3 is 13.7 Å². The summed E-state index contributed by atoms with van der Waals surface area (Å²) in [5, 5.41) is 9.29. The molecule has 5 aromatic carbocycles. The number of rotatable bonds is 5. The van der Waals surface area contributed by atoms with E-state index in [1.54, 1.807) is 0 Å². The second-order valence-corrected chi connectivity index (χ2v) is 9.06. The van der Waals surface area contributed by atoms with E-state index in [1.807, 2.05) is 121 Å². The predicted molar refractivity (Wildman–Crippen MR) is 152 cm³/mol. The molecule has 7 aromatic rings. The van der Waals surface area contributed by atoms with E-state index in [0.717, 1.165) is 50.4 Å². The highest BCUT2D eigenvalue weighted by atomic mass is 16.4. The maximum Gasteiger partial charge on any atom is 0.227 e. The molecule has 184 valence electrons. The van der Waals surface area contributed by atoms with Gasteiger partial charge in [-0.2, -0.15) is 5.26 Å². The minimum absolute atomic E-state index is 0.579. The molecule has 0 unspecified atom stereocenters. The van der Waals surface area contributed by atoms with Crippen LogP contribution in [0, 0.1) is 11.3 Å². The number of hydrogen-bond donors (Lipinski definition) is 0. The summed E-state index contributed by atoms with van der Waals surface area (Å²) in [6.45, 7) is 0. The summed E-state index contributed by atoms with van der Waals surface area (Å²) in [6.07, 6.45) is 0. The summed E-state index contributed by atoms with van der Waals surface area (Å²) in [4.78, 5) is 11.4. The van der Waals surface area contributed by atoms with Gasteiger partial charge in [-0.3, -0.25) is 0 Å². The van der Waals surface area contributed by atoms with Crippen molar-refractivity contribution in [3.63, 3.8) is 0 Å². The Morgan fingerprint density at radius 3 is 1.33 bits per heavy atom. The lowest BCUT2D eigenvalue weighted by Gasteiger charge is -2.25. The Kier molecular flexibility index (Phi) is 5.39. The van der Waals surface area contributed by atoms with E-state index in [9.17, 15) is 5.26 Å². The third kappa shape index (κ3) is 4.18. The lowest BCUT2D eigenvalue weighted by molar-refractivity contribution is 0.619. The standard InChI is InChI=1S/C33H20N4O2/c34-21-22-9-15-25(16-10-22)37(26-17-11-23(12-18-26)32-35-28-5-1-3-7-30(28)38-32)27-19-13-24(14-20-27)33-36-29-6-2-4-8-31(29)39-33/h1-20H. The second-order valence-electron chi connectivity index (χ2n) is 9.06. The molecule has 0 radical (unpaired) electrons. The molecule has 0 spiro atoms. The van der Waals surface area contributed by atoms with Gasteiger partial charge in [-0.25, -0.2) is 9.97 Å². The Bertz CT molecular complexity index is 1780. The maximum absolute atomic E-state index is 9.29. The van der Waals surface area contributed by atoms with Crippen molar-refractivity contribution >= 4 is 39.3 Å². The SMILES string of the molecule is N#Cc1ccc(N(c2ccc(-c3nc4ccccc4o3)cc2)c2ccc(-c3nc4ccccc4o3)cc2)cc1. The van der Waals surface area contributed by atoms with E-state index < -0.39 is 0 Å². The number of fused-ring (bicyclic) bond motifs is 2. The van der Waals surface area contributed by atoms with Crippen molar-refractivity contribution in [1.82, 2.24) is 9.97 Å². The Morgan fingerprint density at radius 1 is 0.513 bits per heavy atom. The molecule has 0 aliphatic heterocycles. The monoisotopic (exact) mass is 504 g/mol. The van der Waals surface area contributed by atoms with Crippen LogP contribution in [0.25, 0.3) is 45.1 Å². The number of oxazole rings is 2. The van der Waals surface area contributed by atoms with E-state index >= 15 is 0 Å². The van der Waals surface area contributed by atoms with Crippen LogP contribution in [0.2, 0.25) is 0 Å². The second kappa shape index (κ2) is 9.33. The molecule has 0 N–H and O–H groups in total. The molecule has 0 saturated heterocycles. The van der Waals surface area contributed by atoms with Crippen LogP contribution in [0.3, 0.4) is 0 Å². The Labute approximate surface area is 224 Å². The molecule has 0 atom stereocenters. The minimum atomic E-state index is 0.579. The Hall–Kier alpha value is -5.67. The fraction of sp³-hybridized carbons (Fsp3) is 0. The van der Waals surface area contributed by atoms with Gasteiger partial charge in [-0.05, 0) is 97.1 Å². The van der Waals surface area contributed by atoms with Crippen LogP contribution in [0.5, 0.6) is 0 Å². The first-order chi connectivity index (χ1) is 19.2. The Balaban J connectivity index is 1.26. The van der Waals surface area contributed by atoms with Crippen LogP contribution in [0.15, 0.2) is 130 Å². The van der Waals surface area contributed by atoms with Crippen molar-refractivity contribution in [3.8, 4) is 29.0 Å². The van der Waals surface area contributed by atoms with Gasteiger partial charge in [-0.1, -0.05) is 24.3 Å². The zero-order valence-corrected chi connectivity index (χ0v) is 20.7. The summed E-state index contributed by atoms with van der Waals surface area (Å²) >= 11 is 0. The molecule has 2 heterocycles. The first-order valence-electron chi connectivity index (χ1n) is 12.5.